The Morgan fingerprint density at radius 2 is 1.61 bits per heavy atom. The van der Waals surface area contributed by atoms with Crippen molar-refractivity contribution in [1.29, 1.82) is 0 Å². The number of amides is 2. The minimum Gasteiger partial charge on any atom is -0.457 e. The summed E-state index contributed by atoms with van der Waals surface area (Å²) in [5.41, 5.74) is 1.52. The van der Waals surface area contributed by atoms with Gasteiger partial charge >= 0.3 is 5.97 Å². The van der Waals surface area contributed by atoms with Gasteiger partial charge in [0.05, 0.1) is 5.92 Å². The van der Waals surface area contributed by atoms with Crippen LogP contribution in [0.25, 0.3) is 0 Å². The van der Waals surface area contributed by atoms with Crippen LogP contribution in [0.15, 0.2) is 84.9 Å². The molecule has 1 N–H and O–H groups in total. The number of benzene rings is 3. The average molecular weight is 444 g/mol. The Balaban J connectivity index is 1.25. The van der Waals surface area contributed by atoms with Crippen molar-refractivity contribution < 1.29 is 23.9 Å². The van der Waals surface area contributed by atoms with Crippen molar-refractivity contribution in [2.75, 3.05) is 18.5 Å². The molecule has 168 valence electrons. The first-order valence-electron chi connectivity index (χ1n) is 10.7. The van der Waals surface area contributed by atoms with E-state index >= 15 is 0 Å². The quantitative estimate of drug-likeness (QED) is 0.531. The van der Waals surface area contributed by atoms with Crippen LogP contribution < -0.4 is 10.1 Å². The van der Waals surface area contributed by atoms with Gasteiger partial charge < -0.3 is 19.7 Å². The highest BCUT2D eigenvalue weighted by atomic mass is 16.5. The van der Waals surface area contributed by atoms with Crippen LogP contribution in [0.2, 0.25) is 0 Å². The van der Waals surface area contributed by atoms with E-state index in [9.17, 15) is 14.4 Å². The number of hydrogen-bond acceptors (Lipinski definition) is 5. The van der Waals surface area contributed by atoms with Crippen molar-refractivity contribution in [3.63, 3.8) is 0 Å². The molecule has 0 radical (unpaired) electrons. The third kappa shape index (κ3) is 6.20. The molecule has 3 aromatic rings. The van der Waals surface area contributed by atoms with Gasteiger partial charge in [0.1, 0.15) is 11.5 Å². The van der Waals surface area contributed by atoms with Gasteiger partial charge in [-0.3, -0.25) is 14.4 Å². The lowest BCUT2D eigenvalue weighted by Gasteiger charge is -2.16. The van der Waals surface area contributed by atoms with Crippen LogP contribution in [0.1, 0.15) is 12.0 Å². The van der Waals surface area contributed by atoms with E-state index in [2.05, 4.69) is 5.32 Å². The van der Waals surface area contributed by atoms with E-state index in [-0.39, 0.29) is 18.9 Å². The van der Waals surface area contributed by atoms with E-state index in [1.54, 1.807) is 29.2 Å². The second kappa shape index (κ2) is 10.5. The third-order valence-corrected chi connectivity index (χ3v) is 5.21. The summed E-state index contributed by atoms with van der Waals surface area (Å²) in [5.74, 6) is -0.431. The SMILES string of the molecule is O=C(COC(=O)C1CC(=O)N(Cc2ccccc2)C1)Nc1cccc(Oc2ccccc2)c1. The Kier molecular flexibility index (Phi) is 6.99. The predicted molar refractivity (Wildman–Crippen MR) is 123 cm³/mol. The Labute approximate surface area is 191 Å². The van der Waals surface area contributed by atoms with Gasteiger partial charge in [-0.25, -0.2) is 0 Å². The van der Waals surface area contributed by atoms with Crippen molar-refractivity contribution in [3.05, 3.63) is 90.5 Å². The molecule has 1 fully saturated rings. The van der Waals surface area contributed by atoms with Gasteiger partial charge in [-0.15, -0.1) is 0 Å². The maximum Gasteiger partial charge on any atom is 0.311 e. The second-order valence-electron chi connectivity index (χ2n) is 7.76. The summed E-state index contributed by atoms with van der Waals surface area (Å²) in [7, 11) is 0. The van der Waals surface area contributed by atoms with Crippen LogP contribution in [-0.4, -0.2) is 35.8 Å². The number of carbonyl (C=O) groups is 3. The first kappa shape index (κ1) is 22.1. The monoisotopic (exact) mass is 444 g/mol. The number of likely N-dealkylation sites (tertiary alicyclic amines) is 1. The maximum absolute atomic E-state index is 12.4. The summed E-state index contributed by atoms with van der Waals surface area (Å²) in [4.78, 5) is 38.6. The summed E-state index contributed by atoms with van der Waals surface area (Å²) in [6.45, 7) is 0.310. The van der Waals surface area contributed by atoms with Crippen molar-refractivity contribution >= 4 is 23.5 Å². The summed E-state index contributed by atoms with van der Waals surface area (Å²) in [6.07, 6.45) is 0.0894. The number of hydrogen-bond donors (Lipinski definition) is 1. The first-order chi connectivity index (χ1) is 16.1. The van der Waals surface area contributed by atoms with Crippen molar-refractivity contribution in [3.8, 4) is 11.5 Å². The molecule has 33 heavy (non-hydrogen) atoms. The Hall–Kier alpha value is -4.13. The highest BCUT2D eigenvalue weighted by Gasteiger charge is 2.35. The lowest BCUT2D eigenvalue weighted by molar-refractivity contribution is -0.151. The highest BCUT2D eigenvalue weighted by molar-refractivity contribution is 5.93. The number of anilines is 1. The third-order valence-electron chi connectivity index (χ3n) is 5.21. The van der Waals surface area contributed by atoms with Crippen molar-refractivity contribution in [2.45, 2.75) is 13.0 Å². The van der Waals surface area contributed by atoms with Crippen LogP contribution in [0.4, 0.5) is 5.69 Å². The van der Waals surface area contributed by atoms with Gasteiger partial charge in [-0.2, -0.15) is 0 Å². The normalized spacial score (nSPS) is 15.2. The molecule has 0 saturated carbocycles. The van der Waals surface area contributed by atoms with E-state index in [4.69, 9.17) is 9.47 Å². The zero-order valence-corrected chi connectivity index (χ0v) is 18.0. The molecule has 0 bridgehead atoms. The molecule has 0 aromatic heterocycles. The number of esters is 1. The Bertz CT molecular complexity index is 1120. The smallest absolute Gasteiger partial charge is 0.311 e. The van der Waals surface area contributed by atoms with E-state index in [1.807, 2.05) is 60.7 Å². The van der Waals surface area contributed by atoms with Gasteiger partial charge in [-0.1, -0.05) is 54.6 Å². The first-order valence-corrected chi connectivity index (χ1v) is 10.7. The van der Waals surface area contributed by atoms with Gasteiger partial charge in [-0.05, 0) is 29.8 Å². The molecule has 0 aliphatic carbocycles. The predicted octanol–water partition coefficient (Wildman–Crippen LogP) is 4.01. The summed E-state index contributed by atoms with van der Waals surface area (Å²) in [5, 5.41) is 2.69. The maximum atomic E-state index is 12.4. The molecule has 0 spiro atoms. The molecule has 3 aromatic carbocycles. The van der Waals surface area contributed by atoms with E-state index in [0.29, 0.717) is 23.7 Å². The summed E-state index contributed by atoms with van der Waals surface area (Å²) >= 11 is 0. The molecule has 4 rings (SSSR count). The highest BCUT2D eigenvalue weighted by Crippen LogP contribution is 2.24. The average Bonchev–Trinajstić information content (AvgIpc) is 3.19. The molecule has 7 nitrogen and oxygen atoms in total. The van der Waals surface area contributed by atoms with E-state index < -0.39 is 24.4 Å². The number of rotatable bonds is 8. The van der Waals surface area contributed by atoms with Crippen molar-refractivity contribution in [2.24, 2.45) is 5.92 Å². The zero-order valence-electron chi connectivity index (χ0n) is 18.0. The summed E-state index contributed by atoms with van der Waals surface area (Å²) in [6, 6.07) is 25.8. The largest absolute Gasteiger partial charge is 0.457 e. The lowest BCUT2D eigenvalue weighted by Crippen LogP contribution is -2.28. The molecule has 1 atom stereocenters. The lowest BCUT2D eigenvalue weighted by atomic mass is 10.1. The molecular formula is C26H24N2O5. The van der Waals surface area contributed by atoms with E-state index in [0.717, 1.165) is 5.56 Å². The molecular weight excluding hydrogens is 420 g/mol. The number of ether oxygens (including phenoxy) is 2. The van der Waals surface area contributed by atoms with Gasteiger partial charge in [0.25, 0.3) is 5.91 Å². The van der Waals surface area contributed by atoms with Crippen LogP contribution in [0, 0.1) is 5.92 Å². The second-order valence-corrected chi connectivity index (χ2v) is 7.76. The fraction of sp³-hybridized carbons (Fsp3) is 0.192. The summed E-state index contributed by atoms with van der Waals surface area (Å²) < 4.78 is 10.9. The number of carbonyl (C=O) groups excluding carboxylic acids is 3. The topological polar surface area (TPSA) is 84.9 Å². The fourth-order valence-electron chi connectivity index (χ4n) is 3.60. The van der Waals surface area contributed by atoms with E-state index in [1.165, 1.54) is 0 Å². The minimum absolute atomic E-state index is 0.0894. The van der Waals surface area contributed by atoms with Crippen LogP contribution in [0.5, 0.6) is 11.5 Å². The molecule has 1 aliphatic heterocycles. The van der Waals surface area contributed by atoms with Gasteiger partial charge in [0.2, 0.25) is 5.91 Å². The molecule has 1 aliphatic rings. The zero-order chi connectivity index (χ0) is 23.0. The number of nitrogens with one attached hydrogen (secondary N) is 1. The molecule has 2 amide bonds. The Morgan fingerprint density at radius 3 is 2.36 bits per heavy atom. The minimum atomic E-state index is -0.573. The fourth-order valence-corrected chi connectivity index (χ4v) is 3.60. The number of nitrogens with zero attached hydrogens (tertiary/aromatic N) is 1. The van der Waals surface area contributed by atoms with Crippen LogP contribution in [-0.2, 0) is 25.7 Å². The van der Waals surface area contributed by atoms with Gasteiger partial charge in [0, 0.05) is 31.3 Å². The van der Waals surface area contributed by atoms with Crippen LogP contribution >= 0.6 is 0 Å². The molecule has 1 saturated heterocycles. The van der Waals surface area contributed by atoms with Crippen molar-refractivity contribution in [1.82, 2.24) is 4.90 Å². The van der Waals surface area contributed by atoms with Gasteiger partial charge in [0.15, 0.2) is 6.61 Å². The Morgan fingerprint density at radius 1 is 0.909 bits per heavy atom. The van der Waals surface area contributed by atoms with Crippen LogP contribution in [0.3, 0.4) is 0 Å². The molecule has 1 unspecified atom stereocenters. The molecule has 7 heteroatoms. The standard InChI is InChI=1S/C26H24N2O5/c29-24(27-21-10-7-13-23(15-21)33-22-11-5-2-6-12-22)18-32-26(31)20-14-25(30)28(17-20)16-19-8-3-1-4-9-19/h1-13,15,20H,14,16-18H2,(H,27,29). The molecule has 1 heterocycles. The number of para-hydroxylation sites is 1.